The number of hydrogen-bond donors (Lipinski definition) is 1. The van der Waals surface area contributed by atoms with E-state index in [0.717, 1.165) is 27.0 Å². The normalized spacial score (nSPS) is 10.6. The maximum absolute atomic E-state index is 6.18. The largest absolute Gasteiger partial charge is 0.488 e. The minimum atomic E-state index is 0.480. The van der Waals surface area contributed by atoms with E-state index in [1.54, 1.807) is 12.1 Å². The zero-order valence-electron chi connectivity index (χ0n) is 13.6. The molecule has 0 aliphatic heterocycles. The number of anilines is 1. The van der Waals surface area contributed by atoms with Crippen LogP contribution in [-0.2, 0) is 13.2 Å². The third-order valence-electron chi connectivity index (χ3n) is 3.72. The van der Waals surface area contributed by atoms with E-state index in [2.05, 4.69) is 21.2 Å². The van der Waals surface area contributed by atoms with Crippen LogP contribution in [0.4, 0.5) is 5.69 Å². The average molecular weight is 472 g/mol. The van der Waals surface area contributed by atoms with Crippen LogP contribution in [0.2, 0.25) is 15.1 Å². The van der Waals surface area contributed by atoms with Crippen molar-refractivity contribution in [3.8, 4) is 5.75 Å². The Labute approximate surface area is 176 Å². The second kappa shape index (κ2) is 9.01. The monoisotopic (exact) mass is 469 g/mol. The molecule has 3 aromatic carbocycles. The molecule has 0 radical (unpaired) electrons. The fourth-order valence-electron chi connectivity index (χ4n) is 2.34. The molecule has 3 aromatic rings. The summed E-state index contributed by atoms with van der Waals surface area (Å²) in [6.45, 7) is 1.12. The van der Waals surface area contributed by atoms with Gasteiger partial charge < -0.3 is 10.1 Å². The van der Waals surface area contributed by atoms with Crippen LogP contribution in [0.15, 0.2) is 65.1 Å². The highest BCUT2D eigenvalue weighted by atomic mass is 79.9. The van der Waals surface area contributed by atoms with Gasteiger partial charge in [0.25, 0.3) is 0 Å². The molecule has 0 aliphatic rings. The third-order valence-corrected chi connectivity index (χ3v) is 5.14. The molecule has 0 fully saturated rings. The number of nitrogens with one attached hydrogen (secondary N) is 1. The van der Waals surface area contributed by atoms with Gasteiger partial charge in [0.1, 0.15) is 12.4 Å². The van der Waals surface area contributed by atoms with Crippen LogP contribution in [0.25, 0.3) is 0 Å². The maximum atomic E-state index is 6.18. The lowest BCUT2D eigenvalue weighted by Gasteiger charge is -2.12. The quantitative estimate of drug-likeness (QED) is 0.400. The Morgan fingerprint density at radius 2 is 1.50 bits per heavy atom. The molecule has 0 bridgehead atoms. The topological polar surface area (TPSA) is 21.3 Å². The Kier molecular flexibility index (Phi) is 6.71. The summed E-state index contributed by atoms with van der Waals surface area (Å²) in [5.41, 5.74) is 3.00. The van der Waals surface area contributed by atoms with Gasteiger partial charge in [-0.15, -0.1) is 0 Å². The second-order valence-corrected chi connectivity index (χ2v) is 7.79. The standard InChI is InChI=1S/C20H15BrCl3NO/c21-17-9-14(11-25-19-7-6-16(23)10-18(19)24)3-8-20(17)26-12-13-1-4-15(22)5-2-13/h1-10,25H,11-12H2. The minimum absolute atomic E-state index is 0.480. The number of benzene rings is 3. The molecule has 0 heterocycles. The molecule has 0 aromatic heterocycles. The van der Waals surface area contributed by atoms with Crippen molar-refractivity contribution in [3.63, 3.8) is 0 Å². The molecule has 6 heteroatoms. The van der Waals surface area contributed by atoms with Crippen LogP contribution in [0.1, 0.15) is 11.1 Å². The van der Waals surface area contributed by atoms with Gasteiger partial charge in [0.05, 0.1) is 15.2 Å². The number of ether oxygens (including phenoxy) is 1. The first-order valence-electron chi connectivity index (χ1n) is 7.86. The first-order valence-corrected chi connectivity index (χ1v) is 9.78. The van der Waals surface area contributed by atoms with Crippen molar-refractivity contribution in [3.05, 3.63) is 91.3 Å². The summed E-state index contributed by atoms with van der Waals surface area (Å²) in [6, 6.07) is 19.0. The molecule has 2 nitrogen and oxygen atoms in total. The Morgan fingerprint density at radius 1 is 0.808 bits per heavy atom. The lowest BCUT2D eigenvalue weighted by molar-refractivity contribution is 0.304. The van der Waals surface area contributed by atoms with E-state index in [1.165, 1.54) is 0 Å². The van der Waals surface area contributed by atoms with E-state index in [1.807, 2.05) is 48.5 Å². The fraction of sp³-hybridized carbons (Fsp3) is 0.100. The van der Waals surface area contributed by atoms with Gasteiger partial charge in [0.15, 0.2) is 0 Å². The minimum Gasteiger partial charge on any atom is -0.488 e. The second-order valence-electron chi connectivity index (χ2n) is 5.66. The molecule has 0 atom stereocenters. The summed E-state index contributed by atoms with van der Waals surface area (Å²) in [5, 5.41) is 5.23. The van der Waals surface area contributed by atoms with E-state index in [4.69, 9.17) is 39.5 Å². The molecule has 0 saturated heterocycles. The van der Waals surface area contributed by atoms with E-state index in [-0.39, 0.29) is 0 Å². The highest BCUT2D eigenvalue weighted by Crippen LogP contribution is 2.29. The Hall–Kier alpha value is -1.39. The lowest BCUT2D eigenvalue weighted by Crippen LogP contribution is -2.01. The zero-order valence-corrected chi connectivity index (χ0v) is 17.5. The molecule has 0 unspecified atom stereocenters. The maximum Gasteiger partial charge on any atom is 0.134 e. The number of halogens is 4. The van der Waals surface area contributed by atoms with Crippen LogP contribution in [0, 0.1) is 0 Å². The SMILES string of the molecule is Clc1ccc(COc2ccc(CNc3ccc(Cl)cc3Cl)cc2Br)cc1. The van der Waals surface area contributed by atoms with E-state index in [9.17, 15) is 0 Å². The van der Waals surface area contributed by atoms with Crippen molar-refractivity contribution in [1.82, 2.24) is 0 Å². The molecule has 0 spiro atoms. The average Bonchev–Trinajstić information content (AvgIpc) is 2.61. The first-order chi connectivity index (χ1) is 12.5. The summed E-state index contributed by atoms with van der Waals surface area (Å²) >= 11 is 21.6. The van der Waals surface area contributed by atoms with Crippen molar-refractivity contribution >= 4 is 56.4 Å². The number of hydrogen-bond acceptors (Lipinski definition) is 2. The van der Waals surface area contributed by atoms with Crippen LogP contribution >= 0.6 is 50.7 Å². The van der Waals surface area contributed by atoms with Crippen molar-refractivity contribution in [2.75, 3.05) is 5.32 Å². The van der Waals surface area contributed by atoms with Crippen LogP contribution in [0.3, 0.4) is 0 Å². The van der Waals surface area contributed by atoms with Crippen LogP contribution in [-0.4, -0.2) is 0 Å². The van der Waals surface area contributed by atoms with Crippen LogP contribution < -0.4 is 10.1 Å². The highest BCUT2D eigenvalue weighted by Gasteiger charge is 2.05. The van der Waals surface area contributed by atoms with Crippen molar-refractivity contribution in [2.45, 2.75) is 13.2 Å². The van der Waals surface area contributed by atoms with E-state index < -0.39 is 0 Å². The van der Waals surface area contributed by atoms with E-state index in [0.29, 0.717) is 28.2 Å². The van der Waals surface area contributed by atoms with Crippen molar-refractivity contribution in [2.24, 2.45) is 0 Å². The molecule has 134 valence electrons. The summed E-state index contributed by atoms with van der Waals surface area (Å²) in [6.07, 6.45) is 0. The smallest absolute Gasteiger partial charge is 0.134 e. The molecule has 0 amide bonds. The van der Waals surface area contributed by atoms with Gasteiger partial charge in [-0.2, -0.15) is 0 Å². The molecular formula is C20H15BrCl3NO. The summed E-state index contributed by atoms with van der Waals surface area (Å²) in [7, 11) is 0. The molecule has 26 heavy (non-hydrogen) atoms. The fourth-order valence-corrected chi connectivity index (χ4v) is 3.49. The molecule has 0 saturated carbocycles. The third kappa shape index (κ3) is 5.31. The van der Waals surface area contributed by atoms with Gasteiger partial charge in [-0.1, -0.05) is 53.0 Å². The molecule has 1 N–H and O–H groups in total. The van der Waals surface area contributed by atoms with Gasteiger partial charge in [-0.25, -0.2) is 0 Å². The summed E-state index contributed by atoms with van der Waals surface area (Å²) < 4.78 is 6.76. The number of rotatable bonds is 6. The van der Waals surface area contributed by atoms with Gasteiger partial charge in [-0.3, -0.25) is 0 Å². The summed E-state index contributed by atoms with van der Waals surface area (Å²) in [4.78, 5) is 0. The molecular weight excluding hydrogens is 456 g/mol. The molecule has 0 aliphatic carbocycles. The van der Waals surface area contributed by atoms with Crippen molar-refractivity contribution in [1.29, 1.82) is 0 Å². The predicted octanol–water partition coefficient (Wildman–Crippen LogP) is 7.60. The Morgan fingerprint density at radius 3 is 2.19 bits per heavy atom. The lowest BCUT2D eigenvalue weighted by atomic mass is 10.2. The zero-order chi connectivity index (χ0) is 18.5. The van der Waals surface area contributed by atoms with Gasteiger partial charge in [-0.05, 0) is 69.5 Å². The van der Waals surface area contributed by atoms with E-state index >= 15 is 0 Å². The predicted molar refractivity (Wildman–Crippen MR) is 114 cm³/mol. The highest BCUT2D eigenvalue weighted by molar-refractivity contribution is 9.10. The van der Waals surface area contributed by atoms with Gasteiger partial charge in [0, 0.05) is 16.6 Å². The Bertz CT molecular complexity index is 900. The summed E-state index contributed by atoms with van der Waals surface area (Å²) in [5.74, 6) is 0.785. The van der Waals surface area contributed by atoms with Gasteiger partial charge >= 0.3 is 0 Å². The first kappa shape index (κ1) is 19.4. The van der Waals surface area contributed by atoms with Gasteiger partial charge in [0.2, 0.25) is 0 Å². The van der Waals surface area contributed by atoms with Crippen molar-refractivity contribution < 1.29 is 4.74 Å². The van der Waals surface area contributed by atoms with Crippen LogP contribution in [0.5, 0.6) is 5.75 Å². The Balaban J connectivity index is 1.60. The molecule has 3 rings (SSSR count).